The molecule has 4 nitrogen and oxygen atoms in total. The normalized spacial score (nSPS) is 14.5. The number of hydrogen-bond acceptors (Lipinski definition) is 4. The lowest BCUT2D eigenvalue weighted by atomic mass is 10.1. The molecule has 1 atom stereocenters. The molecule has 0 spiro atoms. The summed E-state index contributed by atoms with van der Waals surface area (Å²) in [5.74, 6) is 0. The Morgan fingerprint density at radius 1 is 1.00 bits per heavy atom. The molecule has 2 N–H and O–H groups in total. The molecule has 0 bridgehead atoms. The van der Waals surface area contributed by atoms with Gasteiger partial charge in [-0.1, -0.05) is 0 Å². The molecule has 0 saturated heterocycles. The van der Waals surface area contributed by atoms with Gasteiger partial charge in [0.2, 0.25) is 0 Å². The van der Waals surface area contributed by atoms with Crippen LogP contribution in [0.15, 0.2) is 0 Å². The van der Waals surface area contributed by atoms with Crippen LogP contribution in [0.4, 0.5) is 0 Å². The maximum absolute atomic E-state index is 8.74. The van der Waals surface area contributed by atoms with Gasteiger partial charge in [-0.15, -0.1) is 0 Å². The summed E-state index contributed by atoms with van der Waals surface area (Å²) in [6.45, 7) is 0.944. The Kier molecular flexibility index (Phi) is 6.24. The van der Waals surface area contributed by atoms with Gasteiger partial charge in [0.1, 0.15) is 0 Å². The second-order valence-electron chi connectivity index (χ2n) is 3.94. The molecule has 0 aromatic heterocycles. The van der Waals surface area contributed by atoms with Gasteiger partial charge in [0.05, 0.1) is 0 Å². The van der Waals surface area contributed by atoms with Gasteiger partial charge >= 0.3 is 0 Å². The Balaban J connectivity index is 3.81. The minimum atomic E-state index is -1.18. The number of aliphatic hydroxyl groups is 2. The first-order valence-electron chi connectivity index (χ1n) is 4.60. The molecule has 4 heteroatoms. The molecule has 1 unspecified atom stereocenters. The minimum absolute atomic E-state index is 0.386. The fraction of sp³-hybridized carbons (Fsp3) is 1.00. The SMILES string of the molecule is CN(C)CC(CCC(O)O)N(C)C. The molecule has 0 aliphatic rings. The van der Waals surface area contributed by atoms with Crippen molar-refractivity contribution < 1.29 is 10.2 Å². The smallest absolute Gasteiger partial charge is 0.151 e. The molecule has 0 aromatic rings. The van der Waals surface area contributed by atoms with E-state index in [0.717, 1.165) is 13.0 Å². The number of aliphatic hydroxyl groups excluding tert-OH is 1. The number of hydrogen-bond donors (Lipinski definition) is 2. The first kappa shape index (κ1) is 12.8. The molecule has 0 heterocycles. The summed E-state index contributed by atoms with van der Waals surface area (Å²) >= 11 is 0. The highest BCUT2D eigenvalue weighted by molar-refractivity contribution is 4.69. The summed E-state index contributed by atoms with van der Waals surface area (Å²) in [6, 6.07) is 0.386. The van der Waals surface area contributed by atoms with Crippen LogP contribution in [0.5, 0.6) is 0 Å². The summed E-state index contributed by atoms with van der Waals surface area (Å²) in [6.07, 6.45) is 0.0733. The lowest BCUT2D eigenvalue weighted by molar-refractivity contribution is -0.0501. The van der Waals surface area contributed by atoms with Crippen LogP contribution in [0.1, 0.15) is 12.8 Å². The molecular weight excluding hydrogens is 168 g/mol. The molecular formula is C9H22N2O2. The van der Waals surface area contributed by atoms with Crippen molar-refractivity contribution in [2.45, 2.75) is 25.2 Å². The molecule has 0 saturated carbocycles. The van der Waals surface area contributed by atoms with E-state index in [2.05, 4.69) is 9.80 Å². The molecule has 0 aliphatic heterocycles. The Morgan fingerprint density at radius 3 is 1.85 bits per heavy atom. The molecule has 0 rings (SSSR count). The van der Waals surface area contributed by atoms with E-state index < -0.39 is 6.29 Å². The molecule has 13 heavy (non-hydrogen) atoms. The van der Waals surface area contributed by atoms with Crippen LogP contribution >= 0.6 is 0 Å². The fourth-order valence-corrected chi connectivity index (χ4v) is 1.28. The Hall–Kier alpha value is -0.160. The lowest BCUT2D eigenvalue weighted by Gasteiger charge is -2.27. The van der Waals surface area contributed by atoms with Gasteiger partial charge in [-0.2, -0.15) is 0 Å². The van der Waals surface area contributed by atoms with Gasteiger partial charge in [-0.05, 0) is 41.0 Å². The van der Waals surface area contributed by atoms with Gasteiger partial charge in [-0.25, -0.2) is 0 Å². The van der Waals surface area contributed by atoms with E-state index >= 15 is 0 Å². The first-order valence-corrected chi connectivity index (χ1v) is 4.60. The van der Waals surface area contributed by atoms with Gasteiger partial charge in [-0.3, -0.25) is 0 Å². The zero-order valence-corrected chi connectivity index (χ0v) is 9.06. The van der Waals surface area contributed by atoms with Crippen molar-refractivity contribution in [1.82, 2.24) is 9.80 Å². The van der Waals surface area contributed by atoms with Crippen LogP contribution in [0.2, 0.25) is 0 Å². The van der Waals surface area contributed by atoms with E-state index in [1.54, 1.807) is 0 Å². The predicted molar refractivity (Wildman–Crippen MR) is 53.5 cm³/mol. The summed E-state index contributed by atoms with van der Waals surface area (Å²) in [7, 11) is 8.06. The Labute approximate surface area is 80.8 Å². The molecule has 0 fully saturated rings. The van der Waals surface area contributed by atoms with Crippen LogP contribution in [0.25, 0.3) is 0 Å². The minimum Gasteiger partial charge on any atom is -0.368 e. The van der Waals surface area contributed by atoms with Gasteiger partial charge < -0.3 is 20.0 Å². The third kappa shape index (κ3) is 6.95. The zero-order valence-electron chi connectivity index (χ0n) is 9.06. The van der Waals surface area contributed by atoms with Gasteiger partial charge in [0.15, 0.2) is 6.29 Å². The average molecular weight is 190 g/mol. The molecule has 0 aromatic carbocycles. The van der Waals surface area contributed by atoms with E-state index in [4.69, 9.17) is 10.2 Å². The number of nitrogens with zero attached hydrogens (tertiary/aromatic N) is 2. The van der Waals surface area contributed by atoms with Crippen molar-refractivity contribution in [2.24, 2.45) is 0 Å². The Bertz CT molecular complexity index is 127. The standard InChI is InChI=1S/C9H22N2O2/c1-10(2)7-8(11(3)4)5-6-9(12)13/h8-9,12-13H,5-7H2,1-4H3. The summed E-state index contributed by atoms with van der Waals surface area (Å²) in [5, 5.41) is 17.5. The van der Waals surface area contributed by atoms with E-state index in [1.165, 1.54) is 0 Å². The van der Waals surface area contributed by atoms with Crippen LogP contribution in [0.3, 0.4) is 0 Å². The molecule has 0 radical (unpaired) electrons. The Morgan fingerprint density at radius 2 is 1.54 bits per heavy atom. The van der Waals surface area contributed by atoms with Crippen LogP contribution in [0, 0.1) is 0 Å². The maximum atomic E-state index is 8.74. The second kappa shape index (κ2) is 6.32. The van der Waals surface area contributed by atoms with E-state index in [1.807, 2.05) is 28.2 Å². The second-order valence-corrected chi connectivity index (χ2v) is 3.94. The van der Waals surface area contributed by atoms with Crippen LogP contribution in [-0.4, -0.2) is 67.1 Å². The first-order chi connectivity index (χ1) is 5.93. The van der Waals surface area contributed by atoms with E-state index in [-0.39, 0.29) is 0 Å². The summed E-state index contributed by atoms with van der Waals surface area (Å²) in [4.78, 5) is 4.22. The largest absolute Gasteiger partial charge is 0.368 e. The van der Waals surface area contributed by atoms with Crippen molar-refractivity contribution in [2.75, 3.05) is 34.7 Å². The summed E-state index contributed by atoms with van der Waals surface area (Å²) < 4.78 is 0. The third-order valence-corrected chi connectivity index (χ3v) is 2.06. The van der Waals surface area contributed by atoms with Crippen molar-refractivity contribution in [3.63, 3.8) is 0 Å². The maximum Gasteiger partial charge on any atom is 0.151 e. The monoisotopic (exact) mass is 190 g/mol. The highest BCUT2D eigenvalue weighted by Crippen LogP contribution is 2.05. The van der Waals surface area contributed by atoms with Crippen molar-refractivity contribution in [1.29, 1.82) is 0 Å². The van der Waals surface area contributed by atoms with Crippen molar-refractivity contribution in [3.05, 3.63) is 0 Å². The number of rotatable bonds is 6. The highest BCUT2D eigenvalue weighted by Gasteiger charge is 2.13. The van der Waals surface area contributed by atoms with Crippen LogP contribution in [-0.2, 0) is 0 Å². The topological polar surface area (TPSA) is 46.9 Å². The zero-order chi connectivity index (χ0) is 10.4. The third-order valence-electron chi connectivity index (χ3n) is 2.06. The molecule has 0 amide bonds. The molecule has 0 aliphatic carbocycles. The quantitative estimate of drug-likeness (QED) is 0.558. The summed E-state index contributed by atoms with van der Waals surface area (Å²) in [5.41, 5.74) is 0. The fourth-order valence-electron chi connectivity index (χ4n) is 1.28. The van der Waals surface area contributed by atoms with E-state index in [9.17, 15) is 0 Å². The van der Waals surface area contributed by atoms with Gasteiger partial charge in [0.25, 0.3) is 0 Å². The lowest BCUT2D eigenvalue weighted by Crippen LogP contribution is -2.37. The van der Waals surface area contributed by atoms with Crippen molar-refractivity contribution >= 4 is 0 Å². The van der Waals surface area contributed by atoms with E-state index in [0.29, 0.717) is 12.5 Å². The predicted octanol–water partition coefficient (Wildman–Crippen LogP) is -0.431. The highest BCUT2D eigenvalue weighted by atomic mass is 16.5. The van der Waals surface area contributed by atoms with Gasteiger partial charge in [0, 0.05) is 12.6 Å². The average Bonchev–Trinajstić information content (AvgIpc) is 1.96. The molecule has 80 valence electrons. The van der Waals surface area contributed by atoms with Crippen molar-refractivity contribution in [3.8, 4) is 0 Å². The van der Waals surface area contributed by atoms with Crippen LogP contribution < -0.4 is 0 Å². The number of likely N-dealkylation sites (N-methyl/N-ethyl adjacent to an activating group) is 2.